The Labute approximate surface area is 117 Å². The second kappa shape index (κ2) is 4.96. The summed E-state index contributed by atoms with van der Waals surface area (Å²) in [5, 5.41) is 10.1. The number of pyridine rings is 1. The molecule has 1 aromatic heterocycles. The van der Waals surface area contributed by atoms with Gasteiger partial charge in [-0.05, 0) is 20.8 Å². The average molecular weight is 303 g/mol. The summed E-state index contributed by atoms with van der Waals surface area (Å²) in [7, 11) is -4.22. The molecule has 0 atom stereocenters. The number of hydrogen-bond acceptors (Lipinski definition) is 6. The number of rotatable bonds is 2. The molecule has 20 heavy (non-hydrogen) atoms. The monoisotopic (exact) mass is 303 g/mol. The number of ether oxygens (including phenoxy) is 2. The van der Waals surface area contributed by atoms with E-state index in [0.717, 1.165) is 0 Å². The molecule has 0 amide bonds. The minimum Gasteiger partial charge on any atom is -0.506 e. The van der Waals surface area contributed by atoms with Crippen molar-refractivity contribution in [3.63, 3.8) is 0 Å². The van der Waals surface area contributed by atoms with Gasteiger partial charge >= 0.3 is 0 Å². The van der Waals surface area contributed by atoms with Crippen molar-refractivity contribution in [3.8, 4) is 5.75 Å². The third-order valence-corrected chi connectivity index (χ3v) is 3.73. The highest BCUT2D eigenvalue weighted by molar-refractivity contribution is 7.85. The van der Waals surface area contributed by atoms with Crippen LogP contribution in [0.3, 0.4) is 0 Å². The molecular formula is C12H17NO6S. The van der Waals surface area contributed by atoms with E-state index in [1.54, 1.807) is 20.8 Å². The van der Waals surface area contributed by atoms with E-state index in [2.05, 4.69) is 4.98 Å². The zero-order valence-corrected chi connectivity index (χ0v) is 12.3. The molecule has 1 aliphatic heterocycles. The van der Waals surface area contributed by atoms with E-state index in [1.165, 1.54) is 0 Å². The maximum absolute atomic E-state index is 11.1. The Kier molecular flexibility index (Phi) is 3.76. The van der Waals surface area contributed by atoms with Gasteiger partial charge in [0.15, 0.2) is 5.79 Å². The largest absolute Gasteiger partial charge is 0.506 e. The zero-order chi connectivity index (χ0) is 15.1. The highest BCUT2D eigenvalue weighted by Gasteiger charge is 2.29. The van der Waals surface area contributed by atoms with Gasteiger partial charge in [0.05, 0.1) is 24.6 Å². The Hall–Kier alpha value is -1.22. The summed E-state index contributed by atoms with van der Waals surface area (Å²) >= 11 is 0. The van der Waals surface area contributed by atoms with Gasteiger partial charge < -0.3 is 14.6 Å². The Morgan fingerprint density at radius 1 is 1.25 bits per heavy atom. The quantitative estimate of drug-likeness (QED) is 0.792. The molecule has 1 aliphatic rings. The van der Waals surface area contributed by atoms with E-state index in [9.17, 15) is 13.5 Å². The van der Waals surface area contributed by atoms with E-state index in [4.69, 9.17) is 14.0 Å². The molecule has 0 unspecified atom stereocenters. The van der Waals surface area contributed by atoms with Crippen LogP contribution in [0.4, 0.5) is 0 Å². The van der Waals surface area contributed by atoms with Crippen LogP contribution < -0.4 is 0 Å². The van der Waals surface area contributed by atoms with E-state index in [1.807, 2.05) is 0 Å². The standard InChI is InChI=1S/C12H17NO6S/c1-7-11(14)9-5-19-12(2,3)18-4-8(9)10(13-7)6-20(15,16)17/h14H,4-6H2,1-3H3,(H,15,16,17). The fourth-order valence-corrected chi connectivity index (χ4v) is 2.59. The van der Waals surface area contributed by atoms with Gasteiger partial charge in [-0.1, -0.05) is 0 Å². The lowest BCUT2D eigenvalue weighted by atomic mass is 10.1. The van der Waals surface area contributed by atoms with Crippen LogP contribution in [0.25, 0.3) is 0 Å². The van der Waals surface area contributed by atoms with Crippen LogP contribution in [0.1, 0.15) is 36.4 Å². The maximum Gasteiger partial charge on any atom is 0.270 e. The fraction of sp³-hybridized carbons (Fsp3) is 0.583. The molecule has 0 fully saturated rings. The molecular weight excluding hydrogens is 286 g/mol. The predicted molar refractivity (Wildman–Crippen MR) is 69.5 cm³/mol. The van der Waals surface area contributed by atoms with Crippen LogP contribution in [0.15, 0.2) is 0 Å². The first-order chi connectivity index (χ1) is 9.09. The Balaban J connectivity index is 2.54. The number of aromatic nitrogens is 1. The Morgan fingerprint density at radius 2 is 1.80 bits per heavy atom. The van der Waals surface area contributed by atoms with Gasteiger partial charge in [-0.15, -0.1) is 0 Å². The summed E-state index contributed by atoms with van der Waals surface area (Å²) in [6, 6.07) is 0. The summed E-state index contributed by atoms with van der Waals surface area (Å²) in [4.78, 5) is 4.04. The lowest BCUT2D eigenvalue weighted by Crippen LogP contribution is -2.25. The van der Waals surface area contributed by atoms with Gasteiger partial charge in [0.2, 0.25) is 0 Å². The van der Waals surface area contributed by atoms with Gasteiger partial charge in [-0.25, -0.2) is 0 Å². The molecule has 0 bridgehead atoms. The second-order valence-corrected chi connectivity index (χ2v) is 6.61. The van der Waals surface area contributed by atoms with Crippen molar-refractivity contribution in [2.45, 2.75) is 45.5 Å². The Morgan fingerprint density at radius 3 is 2.35 bits per heavy atom. The van der Waals surface area contributed by atoms with Crippen molar-refractivity contribution in [3.05, 3.63) is 22.5 Å². The summed E-state index contributed by atoms with van der Waals surface area (Å²) in [5.74, 6) is -1.52. The van der Waals surface area contributed by atoms with Gasteiger partial charge in [0, 0.05) is 11.1 Å². The minimum atomic E-state index is -4.22. The van der Waals surface area contributed by atoms with Crippen LogP contribution in [0.5, 0.6) is 5.75 Å². The van der Waals surface area contributed by atoms with Crippen molar-refractivity contribution < 1.29 is 27.6 Å². The summed E-state index contributed by atoms with van der Waals surface area (Å²) < 4.78 is 42.2. The molecule has 112 valence electrons. The van der Waals surface area contributed by atoms with Crippen molar-refractivity contribution in [2.24, 2.45) is 0 Å². The predicted octanol–water partition coefficient (Wildman–Crippen LogP) is 1.27. The third-order valence-electron chi connectivity index (χ3n) is 3.09. The van der Waals surface area contributed by atoms with Crippen molar-refractivity contribution in [2.75, 3.05) is 0 Å². The molecule has 0 spiro atoms. The highest BCUT2D eigenvalue weighted by atomic mass is 32.2. The van der Waals surface area contributed by atoms with Crippen LogP contribution in [-0.4, -0.2) is 28.8 Å². The zero-order valence-electron chi connectivity index (χ0n) is 11.5. The molecule has 8 heteroatoms. The minimum absolute atomic E-state index is 0.0413. The number of hydrogen-bond donors (Lipinski definition) is 2. The molecule has 0 saturated heterocycles. The van der Waals surface area contributed by atoms with Crippen molar-refractivity contribution in [1.29, 1.82) is 0 Å². The average Bonchev–Trinajstić information content (AvgIpc) is 2.43. The molecule has 1 aromatic rings. The van der Waals surface area contributed by atoms with Crippen LogP contribution >= 0.6 is 0 Å². The molecule has 2 rings (SSSR count). The summed E-state index contributed by atoms with van der Waals surface area (Å²) in [6.45, 7) is 5.13. The van der Waals surface area contributed by atoms with E-state index in [-0.39, 0.29) is 30.4 Å². The number of aromatic hydroxyl groups is 1. The fourth-order valence-electron chi connectivity index (χ4n) is 2.01. The lowest BCUT2D eigenvalue weighted by molar-refractivity contribution is -0.219. The van der Waals surface area contributed by atoms with Crippen molar-refractivity contribution >= 4 is 10.1 Å². The van der Waals surface area contributed by atoms with E-state index >= 15 is 0 Å². The molecule has 2 heterocycles. The van der Waals surface area contributed by atoms with Gasteiger partial charge in [0.25, 0.3) is 10.1 Å². The molecule has 2 N–H and O–H groups in total. The van der Waals surface area contributed by atoms with Gasteiger partial charge in [0.1, 0.15) is 11.5 Å². The molecule has 0 aromatic carbocycles. The molecule has 7 nitrogen and oxygen atoms in total. The summed E-state index contributed by atoms with van der Waals surface area (Å²) in [5.41, 5.74) is 1.34. The smallest absolute Gasteiger partial charge is 0.270 e. The van der Waals surface area contributed by atoms with Crippen LogP contribution in [0, 0.1) is 6.92 Å². The van der Waals surface area contributed by atoms with Crippen molar-refractivity contribution in [1.82, 2.24) is 4.98 Å². The normalized spacial score (nSPS) is 18.4. The SMILES string of the molecule is Cc1nc(CS(=O)(=O)O)c2c(c1O)COC(C)(C)OC2. The highest BCUT2D eigenvalue weighted by Crippen LogP contribution is 2.33. The topological polar surface area (TPSA) is 106 Å². The lowest BCUT2D eigenvalue weighted by Gasteiger charge is -2.22. The van der Waals surface area contributed by atoms with Crippen LogP contribution in [0.2, 0.25) is 0 Å². The Bertz CT molecular complexity index is 638. The maximum atomic E-state index is 11.1. The van der Waals surface area contributed by atoms with Gasteiger partial charge in [-0.3, -0.25) is 9.54 Å². The number of fused-ring (bicyclic) bond motifs is 1. The third kappa shape index (κ3) is 3.26. The van der Waals surface area contributed by atoms with E-state index in [0.29, 0.717) is 11.1 Å². The number of nitrogens with zero attached hydrogens (tertiary/aromatic N) is 1. The van der Waals surface area contributed by atoms with Gasteiger partial charge in [-0.2, -0.15) is 8.42 Å². The second-order valence-electron chi connectivity index (χ2n) is 5.15. The molecule has 0 saturated carbocycles. The first-order valence-corrected chi connectivity index (χ1v) is 7.63. The first-order valence-electron chi connectivity index (χ1n) is 6.02. The first kappa shape index (κ1) is 15.2. The van der Waals surface area contributed by atoms with E-state index < -0.39 is 21.7 Å². The summed E-state index contributed by atoms with van der Waals surface area (Å²) in [6.07, 6.45) is 0. The molecule has 0 radical (unpaired) electrons. The van der Waals surface area contributed by atoms with Crippen LogP contribution in [-0.2, 0) is 38.6 Å². The molecule has 0 aliphatic carbocycles. The number of aryl methyl sites for hydroxylation is 1.